The van der Waals surface area contributed by atoms with E-state index < -0.39 is 6.17 Å². The lowest BCUT2D eigenvalue weighted by molar-refractivity contribution is 0.335. The molecule has 0 amide bonds. The Kier molecular flexibility index (Phi) is 5.61. The molecule has 1 aromatic heterocycles. The molecule has 1 atom stereocenters. The minimum atomic E-state index is -0.709. The molecule has 1 unspecified atom stereocenters. The van der Waals surface area contributed by atoms with Crippen LogP contribution in [0.5, 0.6) is 0 Å². The Hall–Kier alpha value is -2.03. The van der Waals surface area contributed by atoms with Crippen LogP contribution in [0.4, 0.5) is 4.39 Å². The predicted molar refractivity (Wildman–Crippen MR) is 86.9 cm³/mol. The smallest absolute Gasteiger partial charge is 0.0973 e. The van der Waals surface area contributed by atoms with Crippen LogP contribution in [0.15, 0.2) is 43.1 Å². The monoisotopic (exact) mass is 284 g/mol. The lowest BCUT2D eigenvalue weighted by Gasteiger charge is -2.01. The third-order valence-corrected chi connectivity index (χ3v) is 3.25. The Morgan fingerprint density at radius 1 is 1.33 bits per heavy atom. The summed E-state index contributed by atoms with van der Waals surface area (Å²) in [6.45, 7) is 5.31. The van der Waals surface area contributed by atoms with Gasteiger partial charge in [-0.25, -0.2) is 9.37 Å². The molecule has 2 nitrogen and oxygen atoms in total. The quantitative estimate of drug-likeness (QED) is 0.534. The molecule has 0 bridgehead atoms. The zero-order valence-corrected chi connectivity index (χ0v) is 12.4. The molecule has 1 heterocycles. The zero-order valence-electron chi connectivity index (χ0n) is 12.4. The molecule has 0 aliphatic rings. The largest absolute Gasteiger partial charge is 0.253 e. The van der Waals surface area contributed by atoms with Gasteiger partial charge in [0.25, 0.3) is 0 Å². The number of allylic oxidation sites excluding steroid dienone is 2. The number of rotatable bonds is 7. The van der Waals surface area contributed by atoms with Crippen molar-refractivity contribution >= 4 is 17.1 Å². The first-order valence-electron chi connectivity index (χ1n) is 7.36. The van der Waals surface area contributed by atoms with E-state index in [4.69, 9.17) is 0 Å². The molecular formula is C18H21FN2. The molecule has 0 N–H and O–H groups in total. The number of alkyl halides is 1. The van der Waals surface area contributed by atoms with E-state index >= 15 is 0 Å². The SMILES string of the molecule is C=CCc1cnc2cc(C=CCCCC(C)F)ccc2n1. The van der Waals surface area contributed by atoms with Gasteiger partial charge in [-0.05, 0) is 43.9 Å². The van der Waals surface area contributed by atoms with Crippen LogP contribution in [-0.2, 0) is 6.42 Å². The van der Waals surface area contributed by atoms with Crippen molar-refractivity contribution in [2.45, 2.75) is 38.8 Å². The van der Waals surface area contributed by atoms with Crippen LogP contribution in [0.3, 0.4) is 0 Å². The van der Waals surface area contributed by atoms with Crippen molar-refractivity contribution in [3.8, 4) is 0 Å². The minimum Gasteiger partial charge on any atom is -0.253 e. The number of fused-ring (bicyclic) bond motifs is 1. The van der Waals surface area contributed by atoms with Gasteiger partial charge in [0.15, 0.2) is 0 Å². The average molecular weight is 284 g/mol. The Labute approximate surface area is 125 Å². The maximum Gasteiger partial charge on any atom is 0.0973 e. The van der Waals surface area contributed by atoms with Gasteiger partial charge >= 0.3 is 0 Å². The van der Waals surface area contributed by atoms with Gasteiger partial charge in [0.05, 0.1) is 22.9 Å². The van der Waals surface area contributed by atoms with E-state index in [1.54, 1.807) is 13.1 Å². The van der Waals surface area contributed by atoms with Crippen molar-refractivity contribution in [1.29, 1.82) is 0 Å². The Balaban J connectivity index is 2.03. The van der Waals surface area contributed by atoms with Gasteiger partial charge in [-0.2, -0.15) is 0 Å². The standard InChI is InChI=1S/C18H21FN2/c1-3-7-16-13-20-18-12-15(10-11-17(18)21-16)9-6-4-5-8-14(2)19/h3,6,9-14H,1,4-5,7-8H2,2H3. The summed E-state index contributed by atoms with van der Waals surface area (Å²) in [6, 6.07) is 6.04. The summed E-state index contributed by atoms with van der Waals surface area (Å²) >= 11 is 0. The maximum atomic E-state index is 12.7. The summed E-state index contributed by atoms with van der Waals surface area (Å²) < 4.78 is 12.7. The van der Waals surface area contributed by atoms with Crippen LogP contribution in [0, 0.1) is 0 Å². The molecular weight excluding hydrogens is 263 g/mol. The summed E-state index contributed by atoms with van der Waals surface area (Å²) in [4.78, 5) is 8.97. The number of nitrogens with zero attached hydrogens (tertiary/aromatic N) is 2. The number of hydrogen-bond donors (Lipinski definition) is 0. The number of unbranched alkanes of at least 4 members (excludes halogenated alkanes) is 1. The number of halogens is 1. The van der Waals surface area contributed by atoms with Gasteiger partial charge < -0.3 is 0 Å². The lowest BCUT2D eigenvalue weighted by Crippen LogP contribution is -1.91. The lowest BCUT2D eigenvalue weighted by atomic mass is 10.1. The molecule has 0 radical (unpaired) electrons. The second-order valence-corrected chi connectivity index (χ2v) is 5.22. The molecule has 0 fully saturated rings. The Bertz CT molecular complexity index is 632. The van der Waals surface area contributed by atoms with Crippen molar-refractivity contribution in [1.82, 2.24) is 9.97 Å². The fraction of sp³-hybridized carbons (Fsp3) is 0.333. The van der Waals surface area contributed by atoms with Crippen molar-refractivity contribution in [2.24, 2.45) is 0 Å². The molecule has 1 aromatic carbocycles. The van der Waals surface area contributed by atoms with E-state index in [1.807, 2.05) is 24.3 Å². The highest BCUT2D eigenvalue weighted by atomic mass is 19.1. The van der Waals surface area contributed by atoms with E-state index in [0.717, 1.165) is 41.6 Å². The van der Waals surface area contributed by atoms with E-state index in [9.17, 15) is 4.39 Å². The van der Waals surface area contributed by atoms with Gasteiger partial charge in [0.2, 0.25) is 0 Å². The van der Waals surface area contributed by atoms with Crippen molar-refractivity contribution in [3.63, 3.8) is 0 Å². The first-order chi connectivity index (χ1) is 10.2. The first-order valence-corrected chi connectivity index (χ1v) is 7.36. The summed E-state index contributed by atoms with van der Waals surface area (Å²) in [6.07, 6.45) is 10.2. The highest BCUT2D eigenvalue weighted by Gasteiger charge is 2.00. The topological polar surface area (TPSA) is 25.8 Å². The summed E-state index contributed by atoms with van der Waals surface area (Å²) in [5.74, 6) is 0. The molecule has 0 aliphatic heterocycles. The molecule has 0 saturated carbocycles. The van der Waals surface area contributed by atoms with Gasteiger partial charge in [-0.3, -0.25) is 4.98 Å². The van der Waals surface area contributed by atoms with Gasteiger partial charge in [-0.1, -0.05) is 24.3 Å². The molecule has 21 heavy (non-hydrogen) atoms. The molecule has 3 heteroatoms. The molecule has 2 rings (SSSR count). The molecule has 110 valence electrons. The fourth-order valence-corrected chi connectivity index (χ4v) is 2.15. The van der Waals surface area contributed by atoms with Crippen LogP contribution in [0.1, 0.15) is 37.4 Å². The molecule has 2 aromatic rings. The van der Waals surface area contributed by atoms with E-state index in [-0.39, 0.29) is 0 Å². The second kappa shape index (κ2) is 7.67. The highest BCUT2D eigenvalue weighted by molar-refractivity contribution is 5.77. The normalized spacial score (nSPS) is 12.9. The van der Waals surface area contributed by atoms with E-state index in [2.05, 4.69) is 28.7 Å². The number of aromatic nitrogens is 2. The van der Waals surface area contributed by atoms with Crippen molar-refractivity contribution in [3.05, 3.63) is 54.4 Å². The third-order valence-electron chi connectivity index (χ3n) is 3.25. The molecule has 0 aliphatic carbocycles. The summed E-state index contributed by atoms with van der Waals surface area (Å²) in [5.41, 5.74) is 3.82. The van der Waals surface area contributed by atoms with Gasteiger partial charge in [-0.15, -0.1) is 6.58 Å². The van der Waals surface area contributed by atoms with Crippen molar-refractivity contribution < 1.29 is 4.39 Å². The van der Waals surface area contributed by atoms with E-state index in [1.165, 1.54) is 0 Å². The van der Waals surface area contributed by atoms with Gasteiger partial charge in [0, 0.05) is 12.6 Å². The first kappa shape index (κ1) is 15.4. The highest BCUT2D eigenvalue weighted by Crippen LogP contribution is 2.14. The Morgan fingerprint density at radius 3 is 2.95 bits per heavy atom. The Morgan fingerprint density at radius 2 is 2.19 bits per heavy atom. The molecule has 0 spiro atoms. The minimum absolute atomic E-state index is 0.625. The van der Waals surface area contributed by atoms with Crippen LogP contribution in [0.2, 0.25) is 0 Å². The fourth-order valence-electron chi connectivity index (χ4n) is 2.15. The maximum absolute atomic E-state index is 12.7. The van der Waals surface area contributed by atoms with Crippen molar-refractivity contribution in [2.75, 3.05) is 0 Å². The second-order valence-electron chi connectivity index (χ2n) is 5.22. The summed E-state index contributed by atoms with van der Waals surface area (Å²) in [7, 11) is 0. The zero-order chi connectivity index (χ0) is 15.1. The average Bonchev–Trinajstić information content (AvgIpc) is 2.47. The van der Waals surface area contributed by atoms with Gasteiger partial charge in [0.1, 0.15) is 0 Å². The number of benzene rings is 1. The molecule has 0 saturated heterocycles. The van der Waals surface area contributed by atoms with Crippen LogP contribution < -0.4 is 0 Å². The summed E-state index contributed by atoms with van der Waals surface area (Å²) in [5, 5.41) is 0. The van der Waals surface area contributed by atoms with Crippen LogP contribution in [-0.4, -0.2) is 16.1 Å². The number of hydrogen-bond acceptors (Lipinski definition) is 2. The van der Waals surface area contributed by atoms with Crippen LogP contribution in [0.25, 0.3) is 17.1 Å². The third kappa shape index (κ3) is 4.78. The predicted octanol–water partition coefficient (Wildman–Crippen LogP) is 4.90. The van der Waals surface area contributed by atoms with E-state index in [0.29, 0.717) is 6.42 Å². The van der Waals surface area contributed by atoms with Crippen LogP contribution >= 0.6 is 0 Å².